The van der Waals surface area contributed by atoms with Crippen LogP contribution in [-0.2, 0) is 20.8 Å². The number of carbonyl (C=O) groups is 3. The Bertz CT molecular complexity index is 711. The van der Waals surface area contributed by atoms with Crippen LogP contribution in [0.15, 0.2) is 18.2 Å². The maximum atomic E-state index is 12.5. The standard InChI is InChI=1S/C19H25N3O4/c1-13-11-14(3-5-16(13)26-2)12-18(24)21-7-9-22(10-8-21)19(25)15-4-6-17(23)20-15/h3,5,11,15H,4,6-10,12H2,1-2H3,(H,20,23). The monoisotopic (exact) mass is 359 g/mol. The number of nitrogens with zero attached hydrogens (tertiary/aromatic N) is 2. The Kier molecular flexibility index (Phi) is 5.44. The molecule has 0 spiro atoms. The van der Waals surface area contributed by atoms with Gasteiger partial charge in [0.15, 0.2) is 0 Å². The van der Waals surface area contributed by atoms with Gasteiger partial charge < -0.3 is 19.9 Å². The lowest BCUT2D eigenvalue weighted by Gasteiger charge is -2.36. The van der Waals surface area contributed by atoms with E-state index in [1.165, 1.54) is 0 Å². The number of nitrogens with one attached hydrogen (secondary N) is 1. The normalized spacial score (nSPS) is 20.1. The van der Waals surface area contributed by atoms with Gasteiger partial charge in [-0.15, -0.1) is 0 Å². The van der Waals surface area contributed by atoms with Gasteiger partial charge in [-0.25, -0.2) is 0 Å². The molecule has 140 valence electrons. The number of hydrogen-bond donors (Lipinski definition) is 1. The first-order valence-electron chi connectivity index (χ1n) is 8.97. The van der Waals surface area contributed by atoms with E-state index < -0.39 is 6.04 Å². The van der Waals surface area contributed by atoms with Crippen LogP contribution in [0.1, 0.15) is 24.0 Å². The summed E-state index contributed by atoms with van der Waals surface area (Å²) in [5.74, 6) is 0.781. The highest BCUT2D eigenvalue weighted by Crippen LogP contribution is 2.19. The molecule has 7 heteroatoms. The molecule has 26 heavy (non-hydrogen) atoms. The van der Waals surface area contributed by atoms with Crippen LogP contribution in [0.4, 0.5) is 0 Å². The number of aryl methyl sites for hydroxylation is 1. The topological polar surface area (TPSA) is 79.0 Å². The second kappa shape index (κ2) is 7.76. The van der Waals surface area contributed by atoms with Crippen molar-refractivity contribution in [3.8, 4) is 5.75 Å². The van der Waals surface area contributed by atoms with Gasteiger partial charge in [0.2, 0.25) is 17.7 Å². The van der Waals surface area contributed by atoms with Crippen LogP contribution in [-0.4, -0.2) is 66.9 Å². The lowest BCUT2D eigenvalue weighted by Crippen LogP contribution is -2.54. The first kappa shape index (κ1) is 18.2. The van der Waals surface area contributed by atoms with Gasteiger partial charge in [-0.05, 0) is 30.5 Å². The third-order valence-electron chi connectivity index (χ3n) is 5.05. The molecule has 3 amide bonds. The van der Waals surface area contributed by atoms with Crippen LogP contribution < -0.4 is 10.1 Å². The number of carbonyl (C=O) groups excluding carboxylic acids is 3. The first-order chi connectivity index (χ1) is 12.5. The van der Waals surface area contributed by atoms with Gasteiger partial charge >= 0.3 is 0 Å². The lowest BCUT2D eigenvalue weighted by molar-refractivity contribution is -0.140. The smallest absolute Gasteiger partial charge is 0.245 e. The Balaban J connectivity index is 1.51. The Morgan fingerprint density at radius 1 is 1.19 bits per heavy atom. The van der Waals surface area contributed by atoms with Crippen molar-refractivity contribution >= 4 is 17.7 Å². The molecule has 7 nitrogen and oxygen atoms in total. The lowest BCUT2D eigenvalue weighted by atomic mass is 10.1. The minimum atomic E-state index is -0.396. The van der Waals surface area contributed by atoms with Gasteiger partial charge in [0, 0.05) is 32.6 Å². The minimum Gasteiger partial charge on any atom is -0.496 e. The zero-order chi connectivity index (χ0) is 18.7. The van der Waals surface area contributed by atoms with E-state index in [-0.39, 0.29) is 17.7 Å². The summed E-state index contributed by atoms with van der Waals surface area (Å²) >= 11 is 0. The zero-order valence-electron chi connectivity index (χ0n) is 15.3. The average molecular weight is 359 g/mol. The minimum absolute atomic E-state index is 0.0336. The van der Waals surface area contributed by atoms with Crippen LogP contribution in [0.2, 0.25) is 0 Å². The Morgan fingerprint density at radius 2 is 1.88 bits per heavy atom. The predicted octanol–water partition coefficient (Wildman–Crippen LogP) is 0.496. The Morgan fingerprint density at radius 3 is 2.46 bits per heavy atom. The van der Waals surface area contributed by atoms with Crippen molar-refractivity contribution in [3.05, 3.63) is 29.3 Å². The summed E-state index contributed by atoms with van der Waals surface area (Å²) in [5, 5.41) is 2.71. The number of hydrogen-bond acceptors (Lipinski definition) is 4. The van der Waals surface area contributed by atoms with E-state index in [9.17, 15) is 14.4 Å². The van der Waals surface area contributed by atoms with E-state index in [0.717, 1.165) is 16.9 Å². The molecule has 2 heterocycles. The molecule has 2 saturated heterocycles. The Labute approximate surface area is 153 Å². The summed E-state index contributed by atoms with van der Waals surface area (Å²) in [6.07, 6.45) is 1.32. The number of rotatable bonds is 4. The molecular formula is C19H25N3O4. The zero-order valence-corrected chi connectivity index (χ0v) is 15.3. The molecular weight excluding hydrogens is 334 g/mol. The van der Waals surface area contributed by atoms with Crippen molar-refractivity contribution in [2.75, 3.05) is 33.3 Å². The van der Waals surface area contributed by atoms with Crippen molar-refractivity contribution in [3.63, 3.8) is 0 Å². The van der Waals surface area contributed by atoms with Crippen molar-refractivity contribution < 1.29 is 19.1 Å². The summed E-state index contributed by atoms with van der Waals surface area (Å²) in [6, 6.07) is 5.36. The number of piperazine rings is 1. The summed E-state index contributed by atoms with van der Waals surface area (Å²) in [7, 11) is 1.63. The fourth-order valence-electron chi connectivity index (χ4n) is 3.53. The molecule has 1 aromatic rings. The van der Waals surface area contributed by atoms with Gasteiger partial charge in [0.05, 0.1) is 13.5 Å². The van der Waals surface area contributed by atoms with Crippen LogP contribution in [0.3, 0.4) is 0 Å². The van der Waals surface area contributed by atoms with Crippen molar-refractivity contribution in [2.45, 2.75) is 32.2 Å². The van der Waals surface area contributed by atoms with Crippen molar-refractivity contribution in [1.29, 1.82) is 0 Å². The number of ether oxygens (including phenoxy) is 1. The molecule has 1 N–H and O–H groups in total. The van der Waals surface area contributed by atoms with E-state index in [4.69, 9.17) is 4.74 Å². The second-order valence-corrected chi connectivity index (χ2v) is 6.85. The third kappa shape index (κ3) is 3.98. The van der Waals surface area contributed by atoms with Gasteiger partial charge in [-0.1, -0.05) is 12.1 Å². The highest BCUT2D eigenvalue weighted by Gasteiger charge is 2.32. The van der Waals surface area contributed by atoms with Gasteiger partial charge in [0.1, 0.15) is 11.8 Å². The highest BCUT2D eigenvalue weighted by atomic mass is 16.5. The van der Waals surface area contributed by atoms with E-state index >= 15 is 0 Å². The fraction of sp³-hybridized carbons (Fsp3) is 0.526. The molecule has 1 unspecified atom stereocenters. The second-order valence-electron chi connectivity index (χ2n) is 6.85. The molecule has 3 rings (SSSR count). The summed E-state index contributed by atoms with van der Waals surface area (Å²) < 4.78 is 5.25. The van der Waals surface area contributed by atoms with Crippen LogP contribution in [0.25, 0.3) is 0 Å². The molecule has 0 aromatic heterocycles. The van der Waals surface area contributed by atoms with Crippen LogP contribution >= 0.6 is 0 Å². The van der Waals surface area contributed by atoms with E-state index in [2.05, 4.69) is 5.32 Å². The van der Waals surface area contributed by atoms with Crippen LogP contribution in [0.5, 0.6) is 5.75 Å². The number of methoxy groups -OCH3 is 1. The molecule has 2 aliphatic rings. The summed E-state index contributed by atoms with van der Waals surface area (Å²) in [6.45, 7) is 4.04. The van der Waals surface area contributed by atoms with Crippen molar-refractivity contribution in [2.24, 2.45) is 0 Å². The first-order valence-corrected chi connectivity index (χ1v) is 8.97. The molecule has 2 fully saturated rings. The maximum Gasteiger partial charge on any atom is 0.245 e. The maximum absolute atomic E-state index is 12.5. The summed E-state index contributed by atoms with van der Waals surface area (Å²) in [5.41, 5.74) is 1.97. The van der Waals surface area contributed by atoms with Crippen molar-refractivity contribution in [1.82, 2.24) is 15.1 Å². The molecule has 0 saturated carbocycles. The number of amides is 3. The quantitative estimate of drug-likeness (QED) is 0.849. The van der Waals surface area contributed by atoms with Gasteiger partial charge in [0.25, 0.3) is 0 Å². The SMILES string of the molecule is COc1ccc(CC(=O)N2CCN(C(=O)C3CCC(=O)N3)CC2)cc1C. The molecule has 1 aromatic carbocycles. The third-order valence-corrected chi connectivity index (χ3v) is 5.05. The summed E-state index contributed by atoms with van der Waals surface area (Å²) in [4.78, 5) is 39.8. The molecule has 0 radical (unpaired) electrons. The molecule has 0 bridgehead atoms. The predicted molar refractivity (Wildman–Crippen MR) is 95.8 cm³/mol. The molecule has 1 atom stereocenters. The van der Waals surface area contributed by atoms with Crippen LogP contribution in [0, 0.1) is 6.92 Å². The highest BCUT2D eigenvalue weighted by molar-refractivity contribution is 5.91. The average Bonchev–Trinajstić information content (AvgIpc) is 3.08. The molecule has 2 aliphatic heterocycles. The fourth-order valence-corrected chi connectivity index (χ4v) is 3.53. The van der Waals surface area contributed by atoms with E-state index in [0.29, 0.717) is 45.4 Å². The van der Waals surface area contributed by atoms with Gasteiger partial charge in [-0.3, -0.25) is 14.4 Å². The van der Waals surface area contributed by atoms with E-state index in [1.807, 2.05) is 25.1 Å². The largest absolute Gasteiger partial charge is 0.496 e. The molecule has 0 aliphatic carbocycles. The van der Waals surface area contributed by atoms with E-state index in [1.54, 1.807) is 16.9 Å². The van der Waals surface area contributed by atoms with Gasteiger partial charge in [-0.2, -0.15) is 0 Å². The number of benzene rings is 1. The Hall–Kier alpha value is -2.57.